The van der Waals surface area contributed by atoms with E-state index in [9.17, 15) is 4.79 Å². The summed E-state index contributed by atoms with van der Waals surface area (Å²) in [6, 6.07) is 2.16. The molecule has 0 amide bonds. The van der Waals surface area contributed by atoms with Crippen LogP contribution in [-0.4, -0.2) is 31.3 Å². The lowest BCUT2D eigenvalue weighted by Crippen LogP contribution is -2.18. The van der Waals surface area contributed by atoms with Crippen LogP contribution in [0, 0.1) is 5.92 Å². The number of tetrazole rings is 1. The number of fused-ring (bicyclic) bond motifs is 1. The SMILES string of the molecule is CC(Cn1nnnc1-c1cc2c(s1)CCCC2)C(=O)O. The molecule has 0 radical (unpaired) electrons. The fourth-order valence-electron chi connectivity index (χ4n) is 2.44. The van der Waals surface area contributed by atoms with E-state index in [0.717, 1.165) is 17.7 Å². The summed E-state index contributed by atoms with van der Waals surface area (Å²) in [4.78, 5) is 13.4. The Morgan fingerprint density at radius 3 is 3.05 bits per heavy atom. The van der Waals surface area contributed by atoms with Crippen molar-refractivity contribution < 1.29 is 9.90 Å². The van der Waals surface area contributed by atoms with Gasteiger partial charge in [0.15, 0.2) is 5.82 Å². The van der Waals surface area contributed by atoms with Gasteiger partial charge in [0.25, 0.3) is 0 Å². The van der Waals surface area contributed by atoms with Crippen molar-refractivity contribution in [3.63, 3.8) is 0 Å². The third-order valence-electron chi connectivity index (χ3n) is 3.62. The molecule has 0 spiro atoms. The van der Waals surface area contributed by atoms with Crippen molar-refractivity contribution in [2.24, 2.45) is 5.92 Å². The van der Waals surface area contributed by atoms with Gasteiger partial charge in [0, 0.05) is 4.88 Å². The van der Waals surface area contributed by atoms with Gasteiger partial charge >= 0.3 is 5.97 Å². The molecular weight excluding hydrogens is 276 g/mol. The molecule has 20 heavy (non-hydrogen) atoms. The molecular formula is C13H16N4O2S. The Hall–Kier alpha value is -1.76. The molecule has 1 N–H and O–H groups in total. The maximum atomic E-state index is 11.0. The van der Waals surface area contributed by atoms with Crippen LogP contribution in [-0.2, 0) is 24.2 Å². The molecule has 1 aliphatic carbocycles. The summed E-state index contributed by atoms with van der Waals surface area (Å²) in [6.07, 6.45) is 4.74. The van der Waals surface area contributed by atoms with E-state index in [2.05, 4.69) is 21.6 Å². The number of aryl methyl sites for hydroxylation is 2. The number of carboxylic acid groups (broad SMARTS) is 1. The normalized spacial score (nSPS) is 15.8. The Kier molecular flexibility index (Phi) is 3.52. The van der Waals surface area contributed by atoms with Gasteiger partial charge in [0.05, 0.1) is 17.3 Å². The largest absolute Gasteiger partial charge is 0.481 e. The van der Waals surface area contributed by atoms with E-state index in [0.29, 0.717) is 12.4 Å². The summed E-state index contributed by atoms with van der Waals surface area (Å²) < 4.78 is 1.59. The van der Waals surface area contributed by atoms with Crippen LogP contribution in [0.3, 0.4) is 0 Å². The summed E-state index contributed by atoms with van der Waals surface area (Å²) in [5.41, 5.74) is 1.40. The average molecular weight is 292 g/mol. The van der Waals surface area contributed by atoms with Gasteiger partial charge in [0.2, 0.25) is 0 Å². The topological polar surface area (TPSA) is 80.9 Å². The van der Waals surface area contributed by atoms with Gasteiger partial charge < -0.3 is 5.11 Å². The predicted octanol–water partition coefficient (Wildman–Crippen LogP) is 2.00. The summed E-state index contributed by atoms with van der Waals surface area (Å²) >= 11 is 1.73. The Balaban J connectivity index is 1.89. The van der Waals surface area contributed by atoms with E-state index in [-0.39, 0.29) is 0 Å². The zero-order valence-electron chi connectivity index (χ0n) is 11.2. The van der Waals surface area contributed by atoms with Gasteiger partial charge in [-0.3, -0.25) is 4.79 Å². The zero-order chi connectivity index (χ0) is 14.1. The number of carboxylic acids is 1. The molecule has 2 aromatic rings. The predicted molar refractivity (Wildman–Crippen MR) is 74.6 cm³/mol. The minimum absolute atomic E-state index is 0.292. The maximum Gasteiger partial charge on any atom is 0.308 e. The van der Waals surface area contributed by atoms with Crippen molar-refractivity contribution in [2.45, 2.75) is 39.2 Å². The highest BCUT2D eigenvalue weighted by Gasteiger charge is 2.20. The number of carbonyl (C=O) groups is 1. The standard InChI is InChI=1S/C13H16N4O2S/c1-8(13(18)19)7-17-12(14-15-16-17)11-6-9-4-2-3-5-10(9)20-11/h6,8H,2-5,7H2,1H3,(H,18,19). The van der Waals surface area contributed by atoms with Crippen molar-refractivity contribution in [1.29, 1.82) is 0 Å². The average Bonchev–Trinajstić information content (AvgIpc) is 3.03. The lowest BCUT2D eigenvalue weighted by molar-refractivity contribution is -0.141. The quantitative estimate of drug-likeness (QED) is 0.932. The van der Waals surface area contributed by atoms with E-state index in [1.807, 2.05) is 0 Å². The molecule has 106 valence electrons. The van der Waals surface area contributed by atoms with Crippen LogP contribution in [0.25, 0.3) is 10.7 Å². The molecule has 7 heteroatoms. The van der Waals surface area contributed by atoms with Gasteiger partial charge in [-0.15, -0.1) is 16.4 Å². The molecule has 1 unspecified atom stereocenters. The first-order valence-corrected chi connectivity index (χ1v) is 7.57. The van der Waals surface area contributed by atoms with E-state index in [1.54, 1.807) is 22.9 Å². The second-order valence-corrected chi connectivity index (χ2v) is 6.33. The second-order valence-electron chi connectivity index (χ2n) is 5.19. The summed E-state index contributed by atoms with van der Waals surface area (Å²) in [6.45, 7) is 1.95. The van der Waals surface area contributed by atoms with Crippen LogP contribution in [0.5, 0.6) is 0 Å². The summed E-state index contributed by atoms with van der Waals surface area (Å²) in [7, 11) is 0. The Bertz CT molecular complexity index is 611. The highest BCUT2D eigenvalue weighted by Crippen LogP contribution is 2.34. The van der Waals surface area contributed by atoms with Gasteiger partial charge in [0.1, 0.15) is 0 Å². The van der Waals surface area contributed by atoms with Gasteiger partial charge in [-0.2, -0.15) is 0 Å². The Labute approximate surface area is 120 Å². The first kappa shape index (κ1) is 13.2. The Morgan fingerprint density at radius 2 is 2.30 bits per heavy atom. The molecule has 0 aromatic carbocycles. The highest BCUT2D eigenvalue weighted by molar-refractivity contribution is 7.15. The molecule has 1 aliphatic rings. The molecule has 0 saturated heterocycles. The first-order chi connectivity index (χ1) is 9.65. The number of aliphatic carboxylic acids is 1. The zero-order valence-corrected chi connectivity index (χ0v) is 12.1. The third-order valence-corrected chi connectivity index (χ3v) is 4.85. The number of thiophene rings is 1. The summed E-state index contributed by atoms with van der Waals surface area (Å²) in [5.74, 6) is -0.665. The number of aromatic nitrogens is 4. The molecule has 6 nitrogen and oxygen atoms in total. The van der Waals surface area contributed by atoms with Crippen molar-refractivity contribution in [3.8, 4) is 10.7 Å². The number of hydrogen-bond donors (Lipinski definition) is 1. The molecule has 3 rings (SSSR count). The molecule has 0 saturated carbocycles. The minimum Gasteiger partial charge on any atom is -0.481 e. The monoisotopic (exact) mass is 292 g/mol. The molecule has 0 aliphatic heterocycles. The minimum atomic E-state index is -0.836. The van der Waals surface area contributed by atoms with E-state index in [4.69, 9.17) is 5.11 Å². The third kappa shape index (κ3) is 2.45. The van der Waals surface area contributed by atoms with Gasteiger partial charge in [-0.05, 0) is 47.7 Å². The fraction of sp³-hybridized carbons (Fsp3) is 0.538. The van der Waals surface area contributed by atoms with Crippen molar-refractivity contribution in [2.75, 3.05) is 0 Å². The molecule has 2 heterocycles. The maximum absolute atomic E-state index is 11.0. The van der Waals surface area contributed by atoms with Crippen LogP contribution in [0.2, 0.25) is 0 Å². The van der Waals surface area contributed by atoms with Crippen molar-refractivity contribution in [1.82, 2.24) is 20.2 Å². The molecule has 2 aromatic heterocycles. The van der Waals surface area contributed by atoms with Crippen molar-refractivity contribution in [3.05, 3.63) is 16.5 Å². The smallest absolute Gasteiger partial charge is 0.308 e. The number of rotatable bonds is 4. The van der Waals surface area contributed by atoms with Crippen LogP contribution in [0.1, 0.15) is 30.2 Å². The van der Waals surface area contributed by atoms with Crippen LogP contribution < -0.4 is 0 Å². The molecule has 1 atom stereocenters. The lowest BCUT2D eigenvalue weighted by Gasteiger charge is -2.08. The Morgan fingerprint density at radius 1 is 1.50 bits per heavy atom. The van der Waals surface area contributed by atoms with Crippen LogP contribution in [0.15, 0.2) is 6.07 Å². The van der Waals surface area contributed by atoms with Crippen molar-refractivity contribution >= 4 is 17.3 Å². The first-order valence-electron chi connectivity index (χ1n) is 6.76. The van der Waals surface area contributed by atoms with E-state index >= 15 is 0 Å². The number of hydrogen-bond acceptors (Lipinski definition) is 5. The number of nitrogens with zero attached hydrogens (tertiary/aromatic N) is 4. The van der Waals surface area contributed by atoms with Gasteiger partial charge in [-0.25, -0.2) is 4.68 Å². The summed E-state index contributed by atoms with van der Waals surface area (Å²) in [5, 5.41) is 20.7. The second kappa shape index (κ2) is 5.32. The molecule has 0 bridgehead atoms. The van der Waals surface area contributed by atoms with Gasteiger partial charge in [-0.1, -0.05) is 6.92 Å². The molecule has 0 fully saturated rings. The van der Waals surface area contributed by atoms with E-state index < -0.39 is 11.9 Å². The van der Waals surface area contributed by atoms with Crippen LogP contribution >= 0.6 is 11.3 Å². The highest BCUT2D eigenvalue weighted by atomic mass is 32.1. The fourth-order valence-corrected chi connectivity index (χ4v) is 3.69. The lowest BCUT2D eigenvalue weighted by atomic mass is 9.99. The van der Waals surface area contributed by atoms with E-state index in [1.165, 1.54) is 23.3 Å². The van der Waals surface area contributed by atoms with Crippen LogP contribution in [0.4, 0.5) is 0 Å².